The Hall–Kier alpha value is -2.52. The van der Waals surface area contributed by atoms with E-state index in [4.69, 9.17) is 11.6 Å². The minimum atomic E-state index is -3.62. The van der Waals surface area contributed by atoms with E-state index in [9.17, 15) is 18.0 Å². The lowest BCUT2D eigenvalue weighted by Gasteiger charge is -2.33. The number of sulfonamides is 1. The van der Waals surface area contributed by atoms with E-state index in [2.05, 4.69) is 0 Å². The summed E-state index contributed by atoms with van der Waals surface area (Å²) >= 11 is 6.90. The Morgan fingerprint density at radius 2 is 1.55 bits per heavy atom. The van der Waals surface area contributed by atoms with Gasteiger partial charge in [-0.15, -0.1) is 11.3 Å². The lowest BCUT2D eigenvalue weighted by atomic mass is 10.0. The van der Waals surface area contributed by atoms with Crippen molar-refractivity contribution in [3.05, 3.63) is 75.6 Å². The Bertz CT molecular complexity index is 1320. The molecule has 2 aromatic carbocycles. The number of piperazine rings is 1. The van der Waals surface area contributed by atoms with Crippen molar-refractivity contribution < 1.29 is 18.0 Å². The van der Waals surface area contributed by atoms with Crippen molar-refractivity contribution in [1.82, 2.24) is 9.21 Å². The van der Waals surface area contributed by atoms with Gasteiger partial charge in [0.15, 0.2) is 5.78 Å². The Morgan fingerprint density at radius 1 is 0.871 bits per heavy atom. The fourth-order valence-electron chi connectivity index (χ4n) is 4.04. The van der Waals surface area contributed by atoms with Crippen LogP contribution in [0.1, 0.15) is 26.3 Å². The van der Waals surface area contributed by atoms with Crippen molar-refractivity contribution in [2.24, 2.45) is 0 Å². The first-order chi connectivity index (χ1) is 14.9. The molecule has 1 aromatic heterocycles. The number of benzene rings is 2. The average Bonchev–Trinajstić information content (AvgIpc) is 3.36. The van der Waals surface area contributed by atoms with Gasteiger partial charge in [0.05, 0.1) is 4.34 Å². The van der Waals surface area contributed by atoms with Crippen LogP contribution in [0.5, 0.6) is 0 Å². The molecule has 0 radical (unpaired) electrons. The molecule has 1 aliphatic carbocycles. The number of halogens is 1. The van der Waals surface area contributed by atoms with Crippen molar-refractivity contribution in [1.29, 1.82) is 0 Å². The smallest absolute Gasteiger partial charge is 0.253 e. The molecule has 0 atom stereocenters. The van der Waals surface area contributed by atoms with Crippen molar-refractivity contribution in [3.8, 4) is 11.1 Å². The second-order valence-corrected chi connectivity index (χ2v) is 11.3. The molecule has 5 rings (SSSR count). The van der Waals surface area contributed by atoms with E-state index < -0.39 is 10.0 Å². The largest absolute Gasteiger partial charge is 0.336 e. The molecule has 158 valence electrons. The van der Waals surface area contributed by atoms with Crippen LogP contribution in [0.3, 0.4) is 0 Å². The lowest BCUT2D eigenvalue weighted by molar-refractivity contribution is 0.0698. The van der Waals surface area contributed by atoms with Crippen LogP contribution >= 0.6 is 22.9 Å². The highest BCUT2D eigenvalue weighted by atomic mass is 35.5. The summed E-state index contributed by atoms with van der Waals surface area (Å²) in [5.41, 5.74) is 3.33. The highest BCUT2D eigenvalue weighted by Crippen LogP contribution is 2.37. The molecule has 0 N–H and O–H groups in total. The Morgan fingerprint density at radius 3 is 2.23 bits per heavy atom. The Kier molecular flexibility index (Phi) is 4.97. The van der Waals surface area contributed by atoms with Crippen molar-refractivity contribution in [2.75, 3.05) is 26.2 Å². The monoisotopic (exact) mass is 472 g/mol. The maximum Gasteiger partial charge on any atom is 0.253 e. The predicted molar refractivity (Wildman–Crippen MR) is 119 cm³/mol. The number of nitrogens with zero attached hydrogens (tertiary/aromatic N) is 2. The molecule has 0 saturated carbocycles. The van der Waals surface area contributed by atoms with E-state index in [1.54, 1.807) is 29.2 Å². The van der Waals surface area contributed by atoms with Gasteiger partial charge in [-0.1, -0.05) is 41.9 Å². The van der Waals surface area contributed by atoms with Crippen LogP contribution in [0.25, 0.3) is 11.1 Å². The molecule has 1 saturated heterocycles. The van der Waals surface area contributed by atoms with E-state index in [0.717, 1.165) is 22.5 Å². The predicted octanol–water partition coefficient (Wildman–Crippen LogP) is 3.76. The van der Waals surface area contributed by atoms with Gasteiger partial charge in [-0.2, -0.15) is 4.31 Å². The first-order valence-corrected chi connectivity index (χ1v) is 12.3. The Labute approximate surface area is 188 Å². The summed E-state index contributed by atoms with van der Waals surface area (Å²) in [6.07, 6.45) is 0. The van der Waals surface area contributed by atoms with E-state index >= 15 is 0 Å². The van der Waals surface area contributed by atoms with Crippen LogP contribution in [0.2, 0.25) is 4.34 Å². The summed E-state index contributed by atoms with van der Waals surface area (Å²) in [5, 5.41) is 0. The molecule has 2 heterocycles. The molecule has 1 amide bonds. The van der Waals surface area contributed by atoms with Crippen LogP contribution < -0.4 is 0 Å². The zero-order valence-electron chi connectivity index (χ0n) is 16.2. The summed E-state index contributed by atoms with van der Waals surface area (Å²) in [6, 6.07) is 15.7. The highest BCUT2D eigenvalue weighted by Gasteiger charge is 2.32. The van der Waals surface area contributed by atoms with Crippen LogP contribution in [0, 0.1) is 0 Å². The van der Waals surface area contributed by atoms with Gasteiger partial charge in [-0.25, -0.2) is 8.42 Å². The van der Waals surface area contributed by atoms with Crippen molar-refractivity contribution >= 4 is 44.7 Å². The zero-order chi connectivity index (χ0) is 21.8. The van der Waals surface area contributed by atoms with Crippen LogP contribution in [0.15, 0.2) is 58.8 Å². The van der Waals surface area contributed by atoms with Gasteiger partial charge in [-0.3, -0.25) is 9.59 Å². The van der Waals surface area contributed by atoms with Gasteiger partial charge in [0.1, 0.15) is 4.21 Å². The molecule has 0 unspecified atom stereocenters. The van der Waals surface area contributed by atoms with Gasteiger partial charge in [0.25, 0.3) is 15.9 Å². The Balaban J connectivity index is 1.32. The number of ketones is 1. The molecule has 2 aliphatic rings. The summed E-state index contributed by atoms with van der Waals surface area (Å²) < 4.78 is 27.5. The second-order valence-electron chi connectivity index (χ2n) is 7.39. The summed E-state index contributed by atoms with van der Waals surface area (Å²) in [5.74, 6) is -0.284. The summed E-state index contributed by atoms with van der Waals surface area (Å²) in [4.78, 5) is 27.4. The fraction of sp³-hybridized carbons (Fsp3) is 0.182. The van der Waals surface area contributed by atoms with Gasteiger partial charge in [-0.05, 0) is 35.4 Å². The molecular formula is C22H17ClN2O4S2. The first kappa shape index (κ1) is 20.4. The number of amides is 1. The van der Waals surface area contributed by atoms with E-state index in [1.165, 1.54) is 10.4 Å². The quantitative estimate of drug-likeness (QED) is 0.455. The number of carbonyl (C=O) groups is 2. The maximum atomic E-state index is 13.0. The summed E-state index contributed by atoms with van der Waals surface area (Å²) in [7, 11) is -3.62. The molecule has 6 nitrogen and oxygen atoms in total. The lowest BCUT2D eigenvalue weighted by Crippen LogP contribution is -2.50. The number of fused-ring (bicyclic) bond motifs is 3. The number of hydrogen-bond donors (Lipinski definition) is 0. The average molecular weight is 473 g/mol. The second kappa shape index (κ2) is 7.56. The molecule has 9 heteroatoms. The van der Waals surface area contributed by atoms with E-state index in [-0.39, 0.29) is 42.1 Å². The third-order valence-corrected chi connectivity index (χ3v) is 9.24. The molecule has 0 bridgehead atoms. The molecule has 0 spiro atoms. The third-order valence-electron chi connectivity index (χ3n) is 5.64. The van der Waals surface area contributed by atoms with Gasteiger partial charge < -0.3 is 4.90 Å². The number of rotatable bonds is 3. The van der Waals surface area contributed by atoms with E-state index in [1.807, 2.05) is 24.3 Å². The minimum absolute atomic E-state index is 0.0780. The molecule has 1 aliphatic heterocycles. The fourth-order valence-corrected chi connectivity index (χ4v) is 7.10. The molecule has 31 heavy (non-hydrogen) atoms. The van der Waals surface area contributed by atoms with Gasteiger partial charge >= 0.3 is 0 Å². The number of hydrogen-bond acceptors (Lipinski definition) is 5. The van der Waals surface area contributed by atoms with Crippen molar-refractivity contribution in [3.63, 3.8) is 0 Å². The highest BCUT2D eigenvalue weighted by molar-refractivity contribution is 7.91. The first-order valence-electron chi connectivity index (χ1n) is 9.69. The SMILES string of the molecule is O=C1c2ccccc2-c2ccc(C(=O)N3CCN(S(=O)(=O)c4ccc(Cl)s4)CC3)cc21. The van der Waals surface area contributed by atoms with E-state index in [0.29, 0.717) is 21.0 Å². The maximum absolute atomic E-state index is 13.0. The summed E-state index contributed by atoms with van der Waals surface area (Å²) in [6.45, 7) is 0.975. The number of carbonyl (C=O) groups excluding carboxylic acids is 2. The zero-order valence-corrected chi connectivity index (χ0v) is 18.6. The topological polar surface area (TPSA) is 74.8 Å². The van der Waals surface area contributed by atoms with Crippen molar-refractivity contribution in [2.45, 2.75) is 4.21 Å². The molecule has 3 aromatic rings. The van der Waals surface area contributed by atoms with Crippen LogP contribution in [-0.4, -0.2) is 55.5 Å². The third kappa shape index (κ3) is 3.40. The normalized spacial score (nSPS) is 16.3. The molecule has 1 fully saturated rings. The minimum Gasteiger partial charge on any atom is -0.336 e. The standard InChI is InChI=1S/C22H17ClN2O4S2/c23-19-7-8-20(30-19)31(28,29)25-11-9-24(10-12-25)22(27)14-5-6-16-15-3-1-2-4-17(15)21(26)18(16)13-14/h1-8,13H,9-12H2. The van der Waals surface area contributed by atoms with Crippen LogP contribution in [-0.2, 0) is 10.0 Å². The van der Waals surface area contributed by atoms with Gasteiger partial charge in [0.2, 0.25) is 0 Å². The molecular weight excluding hydrogens is 456 g/mol. The number of thiophene rings is 1. The van der Waals surface area contributed by atoms with Gasteiger partial charge in [0, 0.05) is 42.9 Å². The van der Waals surface area contributed by atoms with Crippen LogP contribution in [0.4, 0.5) is 0 Å².